The second kappa shape index (κ2) is 8.09. The molecule has 0 spiro atoms. The number of ether oxygens (including phenoxy) is 2. The van der Waals surface area contributed by atoms with Crippen LogP contribution in [0.1, 0.15) is 87.0 Å². The first-order valence-electron chi connectivity index (χ1n) is 10.8. The molecule has 0 amide bonds. The zero-order chi connectivity index (χ0) is 23.1. The molecule has 1 aliphatic rings. The van der Waals surface area contributed by atoms with Crippen LogP contribution in [0.25, 0.3) is 11.0 Å². The number of nitrogens with zero attached hydrogens (tertiary/aromatic N) is 2. The Balaban J connectivity index is 2.26. The van der Waals surface area contributed by atoms with Crippen molar-refractivity contribution in [3.8, 4) is 0 Å². The molecule has 0 aromatic carbocycles. The summed E-state index contributed by atoms with van der Waals surface area (Å²) in [6.45, 7) is 13.7. The Labute approximate surface area is 183 Å². The molecule has 7 heteroatoms. The molecule has 2 aromatic rings. The maximum atomic E-state index is 13.1. The molecule has 0 radical (unpaired) electrons. The highest BCUT2D eigenvalue weighted by Crippen LogP contribution is 2.38. The van der Waals surface area contributed by atoms with Crippen LogP contribution in [0.4, 0.5) is 4.79 Å². The monoisotopic (exact) mass is 428 g/mol. The molecule has 0 N–H and O–H groups in total. The third-order valence-electron chi connectivity index (χ3n) is 5.73. The van der Waals surface area contributed by atoms with E-state index in [2.05, 4.69) is 20.8 Å². The smallest absolute Gasteiger partial charge is 0.419 e. The molecule has 0 fully saturated rings. The lowest BCUT2D eigenvalue weighted by atomic mass is 9.71. The summed E-state index contributed by atoms with van der Waals surface area (Å²) in [5.74, 6) is -0.279. The van der Waals surface area contributed by atoms with Gasteiger partial charge in [0, 0.05) is 5.69 Å². The van der Waals surface area contributed by atoms with Gasteiger partial charge in [0.2, 0.25) is 0 Å². The summed E-state index contributed by atoms with van der Waals surface area (Å²) in [4.78, 5) is 42.6. The number of hydrogen-bond donors (Lipinski definition) is 0. The minimum atomic E-state index is -0.778. The van der Waals surface area contributed by atoms with Crippen LogP contribution in [0.3, 0.4) is 0 Å². The number of hydrogen-bond acceptors (Lipinski definition) is 6. The Kier molecular flexibility index (Phi) is 6.00. The maximum absolute atomic E-state index is 13.1. The molecule has 31 heavy (non-hydrogen) atoms. The lowest BCUT2D eigenvalue weighted by Gasteiger charge is -2.34. The van der Waals surface area contributed by atoms with Crippen molar-refractivity contribution in [1.29, 1.82) is 0 Å². The van der Waals surface area contributed by atoms with Gasteiger partial charge in [-0.3, -0.25) is 9.78 Å². The van der Waals surface area contributed by atoms with E-state index >= 15 is 0 Å². The zero-order valence-electron chi connectivity index (χ0n) is 19.5. The first-order valence-corrected chi connectivity index (χ1v) is 10.8. The summed E-state index contributed by atoms with van der Waals surface area (Å²) in [5, 5.41) is 0. The third-order valence-corrected chi connectivity index (χ3v) is 5.73. The molecular formula is C24H32N2O5. The average molecular weight is 429 g/mol. The summed E-state index contributed by atoms with van der Waals surface area (Å²) < 4.78 is 11.9. The highest BCUT2D eigenvalue weighted by atomic mass is 16.6. The lowest BCUT2D eigenvalue weighted by molar-refractivity contribution is 0.0452. The van der Waals surface area contributed by atoms with E-state index in [9.17, 15) is 14.4 Å². The predicted molar refractivity (Wildman–Crippen MR) is 118 cm³/mol. The van der Waals surface area contributed by atoms with Gasteiger partial charge in [0.25, 0.3) is 0 Å². The number of fused-ring (bicyclic) bond motifs is 2. The van der Waals surface area contributed by atoms with E-state index in [0.29, 0.717) is 23.2 Å². The number of esters is 1. The topological polar surface area (TPSA) is 87.5 Å². The molecule has 1 unspecified atom stereocenters. The quantitative estimate of drug-likeness (QED) is 0.507. The Hall–Kier alpha value is -2.70. The van der Waals surface area contributed by atoms with E-state index in [1.165, 1.54) is 0 Å². The Morgan fingerprint density at radius 1 is 1.23 bits per heavy atom. The molecule has 2 heterocycles. The van der Waals surface area contributed by atoms with E-state index in [1.54, 1.807) is 27.7 Å². The first-order chi connectivity index (χ1) is 14.4. The molecule has 3 rings (SSSR count). The van der Waals surface area contributed by atoms with Crippen molar-refractivity contribution in [3.05, 3.63) is 28.6 Å². The van der Waals surface area contributed by atoms with Crippen LogP contribution in [-0.2, 0) is 22.3 Å². The van der Waals surface area contributed by atoms with Crippen molar-refractivity contribution >= 4 is 29.4 Å². The standard InChI is InChI=1S/C24H32N2O5/c1-8-30-21(28)20-16(13-27)19-18(26(20)22(29)31-24(5,6)7)12-14-11-15(23(2,3)4)9-10-17(14)25-19/h12-13,15H,8-11H2,1-7H3. The largest absolute Gasteiger partial charge is 0.461 e. The van der Waals surface area contributed by atoms with Crippen LogP contribution in [-0.4, -0.2) is 40.1 Å². The second-order valence-corrected chi connectivity index (χ2v) is 10.2. The van der Waals surface area contributed by atoms with Gasteiger partial charge in [-0.1, -0.05) is 20.8 Å². The molecule has 0 aliphatic heterocycles. The van der Waals surface area contributed by atoms with Gasteiger partial charge in [-0.15, -0.1) is 0 Å². The first kappa shape index (κ1) is 23.0. The highest BCUT2D eigenvalue weighted by Gasteiger charge is 2.34. The van der Waals surface area contributed by atoms with Gasteiger partial charge in [-0.2, -0.15) is 0 Å². The highest BCUT2D eigenvalue weighted by molar-refractivity contribution is 6.11. The molecule has 1 aliphatic carbocycles. The van der Waals surface area contributed by atoms with Crippen molar-refractivity contribution < 1.29 is 23.9 Å². The van der Waals surface area contributed by atoms with Gasteiger partial charge in [-0.25, -0.2) is 14.2 Å². The van der Waals surface area contributed by atoms with Gasteiger partial charge in [0.15, 0.2) is 12.0 Å². The van der Waals surface area contributed by atoms with Crippen molar-refractivity contribution in [2.45, 2.75) is 73.3 Å². The Bertz CT molecular complexity index is 1040. The minimum Gasteiger partial charge on any atom is -0.461 e. The minimum absolute atomic E-state index is 0.0556. The molecule has 168 valence electrons. The molecule has 0 saturated heterocycles. The maximum Gasteiger partial charge on any atom is 0.419 e. The molecular weight excluding hydrogens is 396 g/mol. The number of aryl methyl sites for hydroxylation is 1. The Morgan fingerprint density at radius 3 is 2.45 bits per heavy atom. The van der Waals surface area contributed by atoms with Gasteiger partial charge >= 0.3 is 12.1 Å². The van der Waals surface area contributed by atoms with E-state index < -0.39 is 17.7 Å². The molecule has 7 nitrogen and oxygen atoms in total. The number of aromatic nitrogens is 2. The van der Waals surface area contributed by atoms with Crippen molar-refractivity contribution in [1.82, 2.24) is 9.55 Å². The van der Waals surface area contributed by atoms with Crippen LogP contribution >= 0.6 is 0 Å². The van der Waals surface area contributed by atoms with E-state index in [0.717, 1.165) is 35.1 Å². The molecule has 0 saturated carbocycles. The Morgan fingerprint density at radius 2 is 1.90 bits per heavy atom. The van der Waals surface area contributed by atoms with Gasteiger partial charge < -0.3 is 9.47 Å². The second-order valence-electron chi connectivity index (χ2n) is 10.2. The molecule has 0 bridgehead atoms. The van der Waals surface area contributed by atoms with Gasteiger partial charge in [0.05, 0.1) is 17.7 Å². The summed E-state index contributed by atoms with van der Waals surface area (Å²) in [6, 6.07) is 1.88. The zero-order valence-corrected chi connectivity index (χ0v) is 19.5. The lowest BCUT2D eigenvalue weighted by Crippen LogP contribution is -2.29. The summed E-state index contributed by atoms with van der Waals surface area (Å²) in [7, 11) is 0. The van der Waals surface area contributed by atoms with Gasteiger partial charge in [0.1, 0.15) is 11.1 Å². The number of aldehydes is 1. The van der Waals surface area contributed by atoms with Crippen molar-refractivity contribution in [2.24, 2.45) is 11.3 Å². The normalized spacial score (nSPS) is 16.7. The summed E-state index contributed by atoms with van der Waals surface area (Å²) >= 11 is 0. The molecule has 1 atom stereocenters. The van der Waals surface area contributed by atoms with E-state index in [4.69, 9.17) is 14.5 Å². The van der Waals surface area contributed by atoms with E-state index in [1.807, 2.05) is 6.07 Å². The van der Waals surface area contributed by atoms with Crippen molar-refractivity contribution in [3.63, 3.8) is 0 Å². The number of rotatable bonds is 3. The third kappa shape index (κ3) is 4.50. The fourth-order valence-electron chi connectivity index (χ4n) is 4.12. The van der Waals surface area contributed by atoms with Crippen LogP contribution in [0.2, 0.25) is 0 Å². The van der Waals surface area contributed by atoms with Crippen LogP contribution in [0, 0.1) is 11.3 Å². The number of carbonyl (C=O) groups is 3. The average Bonchev–Trinajstić information content (AvgIpc) is 2.97. The van der Waals surface area contributed by atoms with E-state index in [-0.39, 0.29) is 23.3 Å². The van der Waals surface area contributed by atoms with Crippen LogP contribution < -0.4 is 0 Å². The van der Waals surface area contributed by atoms with Crippen LogP contribution in [0.15, 0.2) is 6.07 Å². The molecule has 2 aromatic heterocycles. The van der Waals surface area contributed by atoms with Crippen molar-refractivity contribution in [2.75, 3.05) is 6.61 Å². The predicted octanol–water partition coefficient (Wildman–Crippen LogP) is 4.96. The summed E-state index contributed by atoms with van der Waals surface area (Å²) in [6.07, 6.45) is 2.45. The summed E-state index contributed by atoms with van der Waals surface area (Å²) in [5.41, 5.74) is 1.96. The number of pyridine rings is 1. The van der Waals surface area contributed by atoms with Gasteiger partial charge in [-0.05, 0) is 69.9 Å². The van der Waals surface area contributed by atoms with Crippen LogP contribution in [0.5, 0.6) is 0 Å². The number of carbonyl (C=O) groups excluding carboxylic acids is 3. The fraction of sp³-hybridized carbons (Fsp3) is 0.583. The fourth-order valence-corrected chi connectivity index (χ4v) is 4.12. The SMILES string of the molecule is CCOC(=O)c1c(C=O)c2nc3c(cc2n1C(=O)OC(C)(C)C)CC(C(C)(C)C)CC3.